The Kier molecular flexibility index (Phi) is 2.69. The lowest BCUT2D eigenvalue weighted by molar-refractivity contribution is -0.114. The molecule has 0 aromatic rings. The van der Waals surface area contributed by atoms with Crippen LogP contribution in [0.2, 0.25) is 0 Å². The topological polar surface area (TPSA) is 17.1 Å². The number of halogens is 1. The van der Waals surface area contributed by atoms with E-state index in [0.29, 0.717) is 0 Å². The van der Waals surface area contributed by atoms with Crippen molar-refractivity contribution in [3.63, 3.8) is 0 Å². The first-order chi connectivity index (χ1) is 4.80. The van der Waals surface area contributed by atoms with Crippen molar-refractivity contribution in [1.29, 1.82) is 0 Å². The van der Waals surface area contributed by atoms with Gasteiger partial charge < -0.3 is 0 Å². The molecule has 1 unspecified atom stereocenters. The molecule has 0 aliphatic heterocycles. The Balaban J connectivity index is 2.56. The summed E-state index contributed by atoms with van der Waals surface area (Å²) in [4.78, 5) is 10.6. The third kappa shape index (κ3) is 1.99. The van der Waals surface area contributed by atoms with Crippen LogP contribution in [0.1, 0.15) is 12.8 Å². The Morgan fingerprint density at radius 1 is 1.50 bits per heavy atom. The van der Waals surface area contributed by atoms with E-state index < -0.39 is 0 Å². The second-order valence-electron chi connectivity index (χ2n) is 2.30. The molecule has 0 radical (unpaired) electrons. The first kappa shape index (κ1) is 7.55. The van der Waals surface area contributed by atoms with Crippen molar-refractivity contribution < 1.29 is 4.79 Å². The molecular formula is C8H9ClO. The van der Waals surface area contributed by atoms with Gasteiger partial charge >= 0.3 is 0 Å². The molecule has 1 nitrogen and oxygen atoms in total. The highest BCUT2D eigenvalue weighted by molar-refractivity contribution is 6.64. The van der Waals surface area contributed by atoms with Crippen LogP contribution < -0.4 is 0 Å². The highest BCUT2D eigenvalue weighted by Crippen LogP contribution is 2.15. The number of hydrogen-bond acceptors (Lipinski definition) is 1. The predicted molar refractivity (Wildman–Crippen MR) is 41.9 cm³/mol. The zero-order valence-corrected chi connectivity index (χ0v) is 6.34. The van der Waals surface area contributed by atoms with E-state index in [-0.39, 0.29) is 11.2 Å². The van der Waals surface area contributed by atoms with Gasteiger partial charge in [0.15, 0.2) is 0 Å². The van der Waals surface area contributed by atoms with Crippen LogP contribution in [0.5, 0.6) is 0 Å². The maximum atomic E-state index is 10.6. The summed E-state index contributed by atoms with van der Waals surface area (Å²) in [5, 5.41) is -0.250. The standard InChI is InChI=1S/C8H9ClO/c9-8(10)7-5-3-1-2-4-6-7/h1-3,5,7H,4,6H2. The number of carbonyl (C=O) groups excluding carboxylic acids is 1. The SMILES string of the molecule is O=C(Cl)C1C=CC=CCC1. The van der Waals surface area contributed by atoms with E-state index in [2.05, 4.69) is 0 Å². The number of hydrogen-bond donors (Lipinski definition) is 0. The van der Waals surface area contributed by atoms with Crippen molar-refractivity contribution in [3.05, 3.63) is 24.3 Å². The fourth-order valence-electron chi connectivity index (χ4n) is 0.934. The van der Waals surface area contributed by atoms with Gasteiger partial charge in [0.05, 0.1) is 5.92 Å². The van der Waals surface area contributed by atoms with Crippen LogP contribution in [-0.2, 0) is 4.79 Å². The molecule has 0 N–H and O–H groups in total. The van der Waals surface area contributed by atoms with E-state index in [4.69, 9.17) is 11.6 Å². The molecule has 0 aromatic heterocycles. The minimum atomic E-state index is -0.250. The number of rotatable bonds is 1. The van der Waals surface area contributed by atoms with E-state index in [0.717, 1.165) is 12.8 Å². The molecule has 54 valence electrons. The lowest BCUT2D eigenvalue weighted by Crippen LogP contribution is -2.03. The third-order valence-electron chi connectivity index (χ3n) is 1.53. The summed E-state index contributed by atoms with van der Waals surface area (Å²) < 4.78 is 0. The summed E-state index contributed by atoms with van der Waals surface area (Å²) in [7, 11) is 0. The third-order valence-corrected chi connectivity index (χ3v) is 1.81. The monoisotopic (exact) mass is 156 g/mol. The fraction of sp³-hybridized carbons (Fsp3) is 0.375. The summed E-state index contributed by atoms with van der Waals surface area (Å²) in [6.07, 6.45) is 9.48. The summed E-state index contributed by atoms with van der Waals surface area (Å²) in [5.41, 5.74) is 0. The normalized spacial score (nSPS) is 24.3. The fourth-order valence-corrected chi connectivity index (χ4v) is 1.12. The van der Waals surface area contributed by atoms with Crippen molar-refractivity contribution in [2.75, 3.05) is 0 Å². The van der Waals surface area contributed by atoms with Gasteiger partial charge in [-0.05, 0) is 24.4 Å². The Hall–Kier alpha value is -0.560. The molecule has 0 spiro atoms. The van der Waals surface area contributed by atoms with Gasteiger partial charge in [-0.2, -0.15) is 0 Å². The second kappa shape index (κ2) is 3.57. The zero-order valence-electron chi connectivity index (χ0n) is 5.59. The summed E-state index contributed by atoms with van der Waals surface area (Å²) in [6.45, 7) is 0. The van der Waals surface area contributed by atoms with Crippen LogP contribution in [0.25, 0.3) is 0 Å². The minimum Gasteiger partial charge on any atom is -0.281 e. The molecule has 0 aromatic carbocycles. The maximum absolute atomic E-state index is 10.6. The van der Waals surface area contributed by atoms with Gasteiger partial charge in [0.2, 0.25) is 5.24 Å². The quantitative estimate of drug-likeness (QED) is 0.533. The van der Waals surface area contributed by atoms with Gasteiger partial charge in [-0.3, -0.25) is 4.79 Å². The molecule has 0 heterocycles. The highest BCUT2D eigenvalue weighted by Gasteiger charge is 2.11. The average Bonchev–Trinajstić information content (AvgIpc) is 2.12. The lowest BCUT2D eigenvalue weighted by atomic mass is 10.1. The Labute approximate surface area is 65.4 Å². The van der Waals surface area contributed by atoms with Gasteiger partial charge in [-0.1, -0.05) is 24.3 Å². The van der Waals surface area contributed by atoms with Crippen LogP contribution in [0, 0.1) is 5.92 Å². The second-order valence-corrected chi connectivity index (χ2v) is 2.67. The molecule has 1 aliphatic rings. The zero-order chi connectivity index (χ0) is 7.40. The van der Waals surface area contributed by atoms with Gasteiger partial charge in [0, 0.05) is 0 Å². The van der Waals surface area contributed by atoms with Gasteiger partial charge in [-0.25, -0.2) is 0 Å². The molecule has 1 atom stereocenters. The van der Waals surface area contributed by atoms with E-state index in [1.165, 1.54) is 0 Å². The van der Waals surface area contributed by atoms with E-state index in [9.17, 15) is 4.79 Å². The van der Waals surface area contributed by atoms with Crippen LogP contribution in [-0.4, -0.2) is 5.24 Å². The van der Waals surface area contributed by atoms with Crippen LogP contribution in [0.4, 0.5) is 0 Å². The van der Waals surface area contributed by atoms with Crippen molar-refractivity contribution in [2.45, 2.75) is 12.8 Å². The first-order valence-corrected chi connectivity index (χ1v) is 3.71. The minimum absolute atomic E-state index is 0.0725. The molecular weight excluding hydrogens is 148 g/mol. The van der Waals surface area contributed by atoms with Crippen LogP contribution in [0.15, 0.2) is 24.3 Å². The molecule has 1 rings (SSSR count). The van der Waals surface area contributed by atoms with Crippen molar-refractivity contribution >= 4 is 16.8 Å². The number of carbonyl (C=O) groups is 1. The molecule has 0 fully saturated rings. The van der Waals surface area contributed by atoms with Gasteiger partial charge in [0.1, 0.15) is 0 Å². The van der Waals surface area contributed by atoms with E-state index in [1.807, 2.05) is 24.3 Å². The number of allylic oxidation sites excluding steroid dienone is 4. The molecule has 2 heteroatoms. The lowest BCUT2D eigenvalue weighted by Gasteiger charge is -2.01. The average molecular weight is 157 g/mol. The Bertz CT molecular complexity index is 182. The largest absolute Gasteiger partial charge is 0.281 e. The summed E-state index contributed by atoms with van der Waals surface area (Å²) in [5.74, 6) is -0.0725. The first-order valence-electron chi connectivity index (χ1n) is 3.33. The molecule has 1 aliphatic carbocycles. The van der Waals surface area contributed by atoms with Crippen molar-refractivity contribution in [2.24, 2.45) is 5.92 Å². The van der Waals surface area contributed by atoms with Crippen molar-refractivity contribution in [1.82, 2.24) is 0 Å². The molecule has 10 heavy (non-hydrogen) atoms. The highest BCUT2D eigenvalue weighted by atomic mass is 35.5. The van der Waals surface area contributed by atoms with Crippen LogP contribution in [0.3, 0.4) is 0 Å². The van der Waals surface area contributed by atoms with Crippen molar-refractivity contribution in [3.8, 4) is 0 Å². The van der Waals surface area contributed by atoms with E-state index in [1.54, 1.807) is 0 Å². The molecule has 0 saturated carbocycles. The Morgan fingerprint density at radius 3 is 3.00 bits per heavy atom. The molecule has 0 bridgehead atoms. The molecule has 0 saturated heterocycles. The van der Waals surface area contributed by atoms with Gasteiger partial charge in [0.25, 0.3) is 0 Å². The van der Waals surface area contributed by atoms with Gasteiger partial charge in [-0.15, -0.1) is 0 Å². The molecule has 0 amide bonds. The van der Waals surface area contributed by atoms with E-state index >= 15 is 0 Å². The maximum Gasteiger partial charge on any atom is 0.228 e. The Morgan fingerprint density at radius 2 is 2.30 bits per heavy atom. The summed E-state index contributed by atoms with van der Waals surface area (Å²) >= 11 is 5.31. The van der Waals surface area contributed by atoms with Crippen LogP contribution >= 0.6 is 11.6 Å². The smallest absolute Gasteiger partial charge is 0.228 e. The summed E-state index contributed by atoms with van der Waals surface area (Å²) in [6, 6.07) is 0. The predicted octanol–water partition coefficient (Wildman–Crippen LogP) is 2.27.